The zero-order valence-electron chi connectivity index (χ0n) is 16.2. The smallest absolute Gasteiger partial charge is 0.261 e. The largest absolute Gasteiger partial charge is 0.280 e. The molecule has 28 heavy (non-hydrogen) atoms. The number of hydrogen-bond donors (Lipinski definition) is 1. The Bertz CT molecular complexity index is 1050. The van der Waals surface area contributed by atoms with Crippen LogP contribution in [-0.4, -0.2) is 33.4 Å². The maximum absolute atomic E-state index is 12.7. The minimum atomic E-state index is -3.70. The average Bonchev–Trinajstić information content (AvgIpc) is 2.67. The lowest BCUT2D eigenvalue weighted by Crippen LogP contribution is -2.37. The molecule has 3 rings (SSSR count). The van der Waals surface area contributed by atoms with Crippen molar-refractivity contribution >= 4 is 25.7 Å². The van der Waals surface area contributed by atoms with Gasteiger partial charge < -0.3 is 0 Å². The highest BCUT2D eigenvalue weighted by atomic mass is 32.2. The molecule has 6 nitrogen and oxygen atoms in total. The van der Waals surface area contributed by atoms with Crippen molar-refractivity contribution in [3.63, 3.8) is 0 Å². The third-order valence-electron chi connectivity index (χ3n) is 4.93. The number of sulfonamides is 2. The molecule has 2 aromatic carbocycles. The fourth-order valence-electron chi connectivity index (χ4n) is 3.34. The molecule has 0 amide bonds. The van der Waals surface area contributed by atoms with E-state index in [-0.39, 0.29) is 17.2 Å². The number of anilines is 1. The van der Waals surface area contributed by atoms with E-state index in [0.29, 0.717) is 25.1 Å². The normalized spacial score (nSPS) is 15.2. The number of rotatable bonds is 7. The van der Waals surface area contributed by atoms with Crippen LogP contribution in [0.4, 0.5) is 5.69 Å². The van der Waals surface area contributed by atoms with Gasteiger partial charge in [0.2, 0.25) is 10.0 Å². The third-order valence-corrected chi connectivity index (χ3v) is 8.35. The summed E-state index contributed by atoms with van der Waals surface area (Å²) in [7, 11) is -6.98. The second-order valence-corrected chi connectivity index (χ2v) is 10.8. The molecular formula is C20H26N2O4S2. The highest BCUT2D eigenvalue weighted by molar-refractivity contribution is 7.92. The van der Waals surface area contributed by atoms with E-state index in [9.17, 15) is 16.8 Å². The molecule has 0 unspecified atom stereocenters. The van der Waals surface area contributed by atoms with Gasteiger partial charge in [0.1, 0.15) is 0 Å². The Morgan fingerprint density at radius 1 is 0.964 bits per heavy atom. The molecule has 1 aliphatic rings. The van der Waals surface area contributed by atoms with Crippen LogP contribution in [-0.2, 0) is 39.4 Å². The van der Waals surface area contributed by atoms with E-state index < -0.39 is 20.0 Å². The van der Waals surface area contributed by atoms with Crippen molar-refractivity contribution < 1.29 is 16.8 Å². The molecule has 8 heteroatoms. The first kappa shape index (κ1) is 20.8. The number of nitrogens with one attached hydrogen (secondary N) is 1. The van der Waals surface area contributed by atoms with Crippen molar-refractivity contribution in [2.45, 2.75) is 44.6 Å². The van der Waals surface area contributed by atoms with Gasteiger partial charge in [0.25, 0.3) is 10.0 Å². The van der Waals surface area contributed by atoms with Gasteiger partial charge in [0, 0.05) is 18.8 Å². The van der Waals surface area contributed by atoms with E-state index in [4.69, 9.17) is 0 Å². The third kappa shape index (κ3) is 4.56. The highest BCUT2D eigenvalue weighted by Gasteiger charge is 2.26. The van der Waals surface area contributed by atoms with Crippen molar-refractivity contribution in [2.75, 3.05) is 17.0 Å². The van der Waals surface area contributed by atoms with Gasteiger partial charge in [-0.1, -0.05) is 32.0 Å². The summed E-state index contributed by atoms with van der Waals surface area (Å²) in [5, 5.41) is 0. The first-order valence-corrected chi connectivity index (χ1v) is 12.6. The van der Waals surface area contributed by atoms with E-state index in [1.165, 1.54) is 4.31 Å². The molecule has 0 fully saturated rings. The summed E-state index contributed by atoms with van der Waals surface area (Å²) in [6, 6.07) is 12.1. The van der Waals surface area contributed by atoms with Gasteiger partial charge in [-0.2, -0.15) is 4.31 Å². The molecule has 0 radical (unpaired) electrons. The van der Waals surface area contributed by atoms with Gasteiger partial charge in [-0.05, 0) is 60.2 Å². The molecule has 1 heterocycles. The Morgan fingerprint density at radius 2 is 1.68 bits per heavy atom. The fourth-order valence-corrected chi connectivity index (χ4v) is 5.87. The Morgan fingerprint density at radius 3 is 2.32 bits per heavy atom. The van der Waals surface area contributed by atoms with Gasteiger partial charge in [-0.25, -0.2) is 16.8 Å². The number of nitrogens with zero attached hydrogens (tertiary/aromatic N) is 1. The van der Waals surface area contributed by atoms with Crippen LogP contribution in [0.1, 0.15) is 37.0 Å². The van der Waals surface area contributed by atoms with Crippen molar-refractivity contribution in [3.8, 4) is 0 Å². The quantitative estimate of drug-likeness (QED) is 0.743. The van der Waals surface area contributed by atoms with E-state index in [1.54, 1.807) is 36.4 Å². The Kier molecular flexibility index (Phi) is 6.12. The van der Waals surface area contributed by atoms with Crippen LogP contribution in [0.5, 0.6) is 0 Å². The summed E-state index contributed by atoms with van der Waals surface area (Å²) in [5.74, 6) is 0.127. The summed E-state index contributed by atoms with van der Waals surface area (Å²) < 4.78 is 54.1. The zero-order chi connectivity index (χ0) is 20.4. The fraction of sp³-hybridized carbons (Fsp3) is 0.400. The molecule has 1 N–H and O–H groups in total. The lowest BCUT2D eigenvalue weighted by molar-refractivity contribution is 0.391. The standard InChI is InChI=1S/C20H26N2O4S2/c1-3-13-27(23,24)22-12-11-17-7-8-19(14-18(17)15-22)21-28(25,26)20-9-5-16(4-2)6-10-20/h5-10,14,21H,3-4,11-13,15H2,1-2H3. The second-order valence-electron chi connectivity index (χ2n) is 6.99. The molecule has 152 valence electrons. The molecule has 0 bridgehead atoms. The van der Waals surface area contributed by atoms with Crippen molar-refractivity contribution in [1.82, 2.24) is 4.31 Å². The number of aryl methyl sites for hydroxylation is 1. The Labute approximate surface area is 167 Å². The minimum absolute atomic E-state index is 0.127. The van der Waals surface area contributed by atoms with Crippen molar-refractivity contribution in [1.29, 1.82) is 0 Å². The van der Waals surface area contributed by atoms with Gasteiger partial charge in [-0.3, -0.25) is 4.72 Å². The molecular weight excluding hydrogens is 396 g/mol. The van der Waals surface area contributed by atoms with Crippen LogP contribution in [0.3, 0.4) is 0 Å². The molecule has 0 saturated carbocycles. The van der Waals surface area contributed by atoms with E-state index in [1.807, 2.05) is 19.9 Å². The molecule has 1 aliphatic heterocycles. The second kappa shape index (κ2) is 8.23. The van der Waals surface area contributed by atoms with Crippen molar-refractivity contribution in [2.24, 2.45) is 0 Å². The maximum Gasteiger partial charge on any atom is 0.261 e. The summed E-state index contributed by atoms with van der Waals surface area (Å²) in [5.41, 5.74) is 3.40. The van der Waals surface area contributed by atoms with Gasteiger partial charge in [0.15, 0.2) is 0 Å². The average molecular weight is 423 g/mol. The first-order valence-electron chi connectivity index (χ1n) is 9.46. The van der Waals surface area contributed by atoms with Crippen LogP contribution in [0.25, 0.3) is 0 Å². The Hall–Kier alpha value is -1.90. The lowest BCUT2D eigenvalue weighted by atomic mass is 10.0. The van der Waals surface area contributed by atoms with Gasteiger partial charge >= 0.3 is 0 Å². The van der Waals surface area contributed by atoms with Crippen LogP contribution in [0, 0.1) is 0 Å². The summed E-state index contributed by atoms with van der Waals surface area (Å²) >= 11 is 0. The summed E-state index contributed by atoms with van der Waals surface area (Å²) in [4.78, 5) is 0.203. The molecule has 2 aromatic rings. The van der Waals surface area contributed by atoms with Crippen LogP contribution in [0.2, 0.25) is 0 Å². The van der Waals surface area contributed by atoms with E-state index in [2.05, 4.69) is 4.72 Å². The van der Waals surface area contributed by atoms with Gasteiger partial charge in [0.05, 0.1) is 10.6 Å². The topological polar surface area (TPSA) is 83.6 Å². The summed E-state index contributed by atoms with van der Waals surface area (Å²) in [6.45, 7) is 4.59. The molecule has 0 aromatic heterocycles. The van der Waals surface area contributed by atoms with Crippen LogP contribution < -0.4 is 4.72 Å². The maximum atomic E-state index is 12.7. The van der Waals surface area contributed by atoms with Crippen LogP contribution >= 0.6 is 0 Å². The predicted octanol–water partition coefficient (Wildman–Crippen LogP) is 3.15. The minimum Gasteiger partial charge on any atom is -0.280 e. The number of fused-ring (bicyclic) bond motifs is 1. The summed E-state index contributed by atoms with van der Waals surface area (Å²) in [6.07, 6.45) is 2.04. The molecule has 0 atom stereocenters. The first-order chi connectivity index (χ1) is 13.2. The number of hydrogen-bond acceptors (Lipinski definition) is 4. The highest BCUT2D eigenvalue weighted by Crippen LogP contribution is 2.26. The predicted molar refractivity (Wildman–Crippen MR) is 111 cm³/mol. The van der Waals surface area contributed by atoms with Gasteiger partial charge in [-0.15, -0.1) is 0 Å². The lowest BCUT2D eigenvalue weighted by Gasteiger charge is -2.28. The molecule has 0 spiro atoms. The van der Waals surface area contributed by atoms with Crippen LogP contribution in [0.15, 0.2) is 47.4 Å². The monoisotopic (exact) mass is 422 g/mol. The van der Waals surface area contributed by atoms with Crippen molar-refractivity contribution in [3.05, 3.63) is 59.2 Å². The molecule has 0 aliphatic carbocycles. The SMILES string of the molecule is CCCS(=O)(=O)N1CCc2ccc(NS(=O)(=O)c3ccc(CC)cc3)cc2C1. The Balaban J connectivity index is 1.81. The van der Waals surface area contributed by atoms with E-state index >= 15 is 0 Å². The molecule has 0 saturated heterocycles. The van der Waals surface area contributed by atoms with E-state index in [0.717, 1.165) is 23.1 Å². The zero-order valence-corrected chi connectivity index (χ0v) is 17.8. The number of benzene rings is 2.